The molecule has 0 aliphatic rings. The van der Waals surface area contributed by atoms with Gasteiger partial charge in [0.2, 0.25) is 0 Å². The van der Waals surface area contributed by atoms with E-state index in [2.05, 4.69) is 0 Å². The van der Waals surface area contributed by atoms with Gasteiger partial charge in [-0.2, -0.15) is 5.26 Å². The highest BCUT2D eigenvalue weighted by atomic mass is 19.1. The van der Waals surface area contributed by atoms with Crippen molar-refractivity contribution in [2.45, 2.75) is 18.6 Å². The van der Waals surface area contributed by atoms with Crippen molar-refractivity contribution in [3.8, 4) is 6.07 Å². The molecule has 0 radical (unpaired) electrons. The summed E-state index contributed by atoms with van der Waals surface area (Å²) in [6, 6.07) is 14.3. The molecular weight excluding hydrogens is 255 g/mol. The molecule has 0 bridgehead atoms. The van der Waals surface area contributed by atoms with Gasteiger partial charge in [0.1, 0.15) is 5.82 Å². The molecule has 3 N–H and O–H groups in total. The number of aliphatic hydroxyl groups is 1. The molecule has 2 rings (SSSR count). The predicted octanol–water partition coefficient (Wildman–Crippen LogP) is 2.30. The number of hydrogen-bond acceptors (Lipinski definition) is 3. The van der Waals surface area contributed by atoms with Gasteiger partial charge in [0.15, 0.2) is 0 Å². The fourth-order valence-corrected chi connectivity index (χ4v) is 2.01. The summed E-state index contributed by atoms with van der Waals surface area (Å²) in [7, 11) is 0. The number of nitrogens with zero attached hydrogens (tertiary/aromatic N) is 1. The van der Waals surface area contributed by atoms with Gasteiger partial charge in [-0.3, -0.25) is 0 Å². The summed E-state index contributed by atoms with van der Waals surface area (Å²) >= 11 is 0. The summed E-state index contributed by atoms with van der Waals surface area (Å²) in [6.07, 6.45) is -0.379. The van der Waals surface area contributed by atoms with Crippen LogP contribution in [0.5, 0.6) is 0 Å². The fraction of sp³-hybridized carbons (Fsp3) is 0.188. The lowest BCUT2D eigenvalue weighted by molar-refractivity contribution is 0.146. The Hall–Kier alpha value is -2.22. The maximum atomic E-state index is 12.8. The van der Waals surface area contributed by atoms with Crippen LogP contribution in [0.4, 0.5) is 4.39 Å². The van der Waals surface area contributed by atoms with E-state index >= 15 is 0 Å². The van der Waals surface area contributed by atoms with Crippen molar-refractivity contribution < 1.29 is 9.50 Å². The molecule has 0 amide bonds. The van der Waals surface area contributed by atoms with Gasteiger partial charge in [-0.05, 0) is 41.8 Å². The first-order valence-electron chi connectivity index (χ1n) is 6.28. The van der Waals surface area contributed by atoms with Gasteiger partial charge >= 0.3 is 0 Å². The van der Waals surface area contributed by atoms with Gasteiger partial charge in [0.25, 0.3) is 0 Å². The van der Waals surface area contributed by atoms with E-state index in [1.807, 2.05) is 18.2 Å². The van der Waals surface area contributed by atoms with Crippen LogP contribution in [0.3, 0.4) is 0 Å². The molecule has 2 unspecified atom stereocenters. The van der Waals surface area contributed by atoms with E-state index in [0.717, 1.165) is 5.56 Å². The van der Waals surface area contributed by atoms with E-state index in [4.69, 9.17) is 11.0 Å². The normalized spacial score (nSPS) is 13.5. The van der Waals surface area contributed by atoms with Crippen LogP contribution in [-0.2, 0) is 6.42 Å². The standard InChI is InChI=1S/C16H15FN2O/c17-14-7-5-13(6-8-14)16(20)15(19)9-11-1-3-12(10-18)4-2-11/h1-8,15-16,20H,9,19H2. The SMILES string of the molecule is N#Cc1ccc(CC(N)C(O)c2ccc(F)cc2)cc1. The molecular formula is C16H15FN2O. The third kappa shape index (κ3) is 3.41. The zero-order valence-electron chi connectivity index (χ0n) is 10.8. The number of halogens is 1. The minimum absolute atomic E-state index is 0.346. The largest absolute Gasteiger partial charge is 0.387 e. The topological polar surface area (TPSA) is 70.0 Å². The lowest BCUT2D eigenvalue weighted by Crippen LogP contribution is -2.30. The highest BCUT2D eigenvalue weighted by Crippen LogP contribution is 2.19. The molecule has 102 valence electrons. The van der Waals surface area contributed by atoms with Crippen LogP contribution in [0.2, 0.25) is 0 Å². The van der Waals surface area contributed by atoms with E-state index in [9.17, 15) is 9.50 Å². The van der Waals surface area contributed by atoms with Crippen LogP contribution in [0, 0.1) is 17.1 Å². The fourth-order valence-electron chi connectivity index (χ4n) is 2.01. The van der Waals surface area contributed by atoms with E-state index in [-0.39, 0.29) is 5.82 Å². The molecule has 0 aromatic heterocycles. The average Bonchev–Trinajstić information content (AvgIpc) is 2.48. The third-order valence-electron chi connectivity index (χ3n) is 3.17. The Labute approximate surface area is 117 Å². The summed E-state index contributed by atoms with van der Waals surface area (Å²) in [6.45, 7) is 0. The van der Waals surface area contributed by atoms with Crippen molar-refractivity contribution in [1.82, 2.24) is 0 Å². The number of aliphatic hydroxyl groups excluding tert-OH is 1. The zero-order chi connectivity index (χ0) is 14.5. The van der Waals surface area contributed by atoms with Crippen LogP contribution in [0.25, 0.3) is 0 Å². The van der Waals surface area contributed by atoms with Crippen molar-refractivity contribution in [2.75, 3.05) is 0 Å². The van der Waals surface area contributed by atoms with Crippen molar-refractivity contribution in [3.63, 3.8) is 0 Å². The Kier molecular flexibility index (Phi) is 4.46. The Morgan fingerprint density at radius 3 is 2.25 bits per heavy atom. The molecule has 0 saturated carbocycles. The molecule has 2 atom stereocenters. The van der Waals surface area contributed by atoms with Gasteiger partial charge < -0.3 is 10.8 Å². The maximum Gasteiger partial charge on any atom is 0.123 e. The van der Waals surface area contributed by atoms with Crippen LogP contribution < -0.4 is 5.73 Å². The number of nitrogens with two attached hydrogens (primary N) is 1. The van der Waals surface area contributed by atoms with Crippen molar-refractivity contribution in [3.05, 3.63) is 71.0 Å². The molecule has 3 nitrogen and oxygen atoms in total. The van der Waals surface area contributed by atoms with Crippen LogP contribution in [0.15, 0.2) is 48.5 Å². The predicted molar refractivity (Wildman–Crippen MR) is 74.2 cm³/mol. The molecule has 0 spiro atoms. The lowest BCUT2D eigenvalue weighted by atomic mass is 9.96. The molecule has 0 fully saturated rings. The van der Waals surface area contributed by atoms with Crippen LogP contribution in [-0.4, -0.2) is 11.1 Å². The zero-order valence-corrected chi connectivity index (χ0v) is 10.8. The van der Waals surface area contributed by atoms with Gasteiger partial charge in [-0.15, -0.1) is 0 Å². The monoisotopic (exact) mass is 270 g/mol. The second kappa shape index (κ2) is 6.29. The molecule has 2 aromatic carbocycles. The Bertz CT molecular complexity index is 602. The van der Waals surface area contributed by atoms with E-state index in [0.29, 0.717) is 17.5 Å². The highest BCUT2D eigenvalue weighted by molar-refractivity contribution is 5.32. The van der Waals surface area contributed by atoms with E-state index < -0.39 is 12.1 Å². The lowest BCUT2D eigenvalue weighted by Gasteiger charge is -2.19. The number of hydrogen-bond donors (Lipinski definition) is 2. The maximum absolute atomic E-state index is 12.8. The summed E-state index contributed by atoms with van der Waals surface area (Å²) in [5, 5.41) is 18.9. The molecule has 0 aliphatic carbocycles. The molecule has 0 aliphatic heterocycles. The Morgan fingerprint density at radius 1 is 1.10 bits per heavy atom. The number of rotatable bonds is 4. The smallest absolute Gasteiger partial charge is 0.123 e. The quantitative estimate of drug-likeness (QED) is 0.895. The van der Waals surface area contributed by atoms with Crippen LogP contribution >= 0.6 is 0 Å². The second-order valence-corrected chi connectivity index (χ2v) is 4.67. The van der Waals surface area contributed by atoms with E-state index in [1.54, 1.807) is 12.1 Å². The second-order valence-electron chi connectivity index (χ2n) is 4.67. The van der Waals surface area contributed by atoms with Gasteiger partial charge in [-0.1, -0.05) is 24.3 Å². The molecule has 0 heterocycles. The van der Waals surface area contributed by atoms with Gasteiger partial charge in [0.05, 0.1) is 17.7 Å². The Morgan fingerprint density at radius 2 is 1.70 bits per heavy atom. The third-order valence-corrected chi connectivity index (χ3v) is 3.17. The van der Waals surface area contributed by atoms with Crippen molar-refractivity contribution in [1.29, 1.82) is 5.26 Å². The number of benzene rings is 2. The van der Waals surface area contributed by atoms with E-state index in [1.165, 1.54) is 24.3 Å². The van der Waals surface area contributed by atoms with Crippen LogP contribution in [0.1, 0.15) is 22.8 Å². The minimum atomic E-state index is -0.855. The summed E-state index contributed by atoms with van der Waals surface area (Å²) in [5.74, 6) is -0.346. The molecule has 0 saturated heterocycles. The van der Waals surface area contributed by atoms with Crippen molar-refractivity contribution >= 4 is 0 Å². The van der Waals surface area contributed by atoms with Gasteiger partial charge in [-0.25, -0.2) is 4.39 Å². The van der Waals surface area contributed by atoms with Gasteiger partial charge in [0, 0.05) is 6.04 Å². The molecule has 4 heteroatoms. The minimum Gasteiger partial charge on any atom is -0.387 e. The first kappa shape index (κ1) is 14.2. The molecule has 2 aromatic rings. The summed E-state index contributed by atoms with van der Waals surface area (Å²) < 4.78 is 12.8. The van der Waals surface area contributed by atoms with Crippen molar-refractivity contribution in [2.24, 2.45) is 5.73 Å². The summed E-state index contributed by atoms with van der Waals surface area (Å²) in [5.41, 5.74) is 8.10. The Balaban J connectivity index is 2.05. The molecule has 20 heavy (non-hydrogen) atoms. The first-order chi connectivity index (χ1) is 9.60. The summed E-state index contributed by atoms with van der Waals surface area (Å²) in [4.78, 5) is 0. The first-order valence-corrected chi connectivity index (χ1v) is 6.28. The highest BCUT2D eigenvalue weighted by Gasteiger charge is 2.17. The number of nitriles is 1. The average molecular weight is 270 g/mol.